The Bertz CT molecular complexity index is 996. The van der Waals surface area contributed by atoms with E-state index in [2.05, 4.69) is 5.16 Å². The van der Waals surface area contributed by atoms with Gasteiger partial charge in [0.05, 0.1) is 45.1 Å². The molecule has 0 amide bonds. The average molecular weight is 386 g/mol. The van der Waals surface area contributed by atoms with Gasteiger partial charge in [-0.1, -0.05) is 5.16 Å². The van der Waals surface area contributed by atoms with E-state index in [1.165, 1.54) is 46.8 Å². The largest absolute Gasteiger partial charge is 0.493 e. The number of nitro groups is 1. The summed E-state index contributed by atoms with van der Waals surface area (Å²) >= 11 is 0. The summed E-state index contributed by atoms with van der Waals surface area (Å²) in [5.74, 6) is 2.01. The van der Waals surface area contributed by atoms with Gasteiger partial charge in [0.1, 0.15) is 0 Å². The molecule has 3 rings (SSSR count). The van der Waals surface area contributed by atoms with E-state index in [1.807, 2.05) is 0 Å². The quantitative estimate of drug-likeness (QED) is 0.444. The van der Waals surface area contributed by atoms with Crippen molar-refractivity contribution in [1.29, 1.82) is 0 Å². The van der Waals surface area contributed by atoms with E-state index in [0.29, 0.717) is 45.4 Å². The number of hydrogen-bond donors (Lipinski definition) is 0. The van der Waals surface area contributed by atoms with Gasteiger partial charge in [0.25, 0.3) is 5.69 Å². The first kappa shape index (κ1) is 19.0. The van der Waals surface area contributed by atoms with Crippen molar-refractivity contribution in [2.45, 2.75) is 0 Å². The molecule has 1 aromatic heterocycles. The minimum Gasteiger partial charge on any atom is -0.493 e. The number of non-ortho nitro benzene ring substituents is 1. The molecule has 0 aliphatic carbocycles. The number of benzene rings is 2. The molecule has 0 unspecified atom stereocenters. The zero-order valence-corrected chi connectivity index (χ0v) is 15.7. The monoisotopic (exact) mass is 386 g/mol. The predicted octanol–water partition coefficient (Wildman–Crippen LogP) is 3.95. The number of rotatable bonds is 7. The van der Waals surface area contributed by atoms with E-state index in [0.717, 1.165) is 0 Å². The third-order valence-electron chi connectivity index (χ3n) is 4.19. The molecule has 0 radical (unpaired) electrons. The van der Waals surface area contributed by atoms with Crippen molar-refractivity contribution in [2.75, 3.05) is 28.4 Å². The molecule has 28 heavy (non-hydrogen) atoms. The number of methoxy groups -OCH3 is 4. The van der Waals surface area contributed by atoms with Crippen molar-refractivity contribution in [3.8, 4) is 45.4 Å². The van der Waals surface area contributed by atoms with Gasteiger partial charge in [0, 0.05) is 23.3 Å². The summed E-state index contributed by atoms with van der Waals surface area (Å²) in [4.78, 5) is 10.4. The Hall–Kier alpha value is -3.75. The van der Waals surface area contributed by atoms with E-state index < -0.39 is 4.92 Å². The molecule has 3 aromatic rings. The van der Waals surface area contributed by atoms with Gasteiger partial charge < -0.3 is 23.5 Å². The molecule has 0 N–H and O–H groups in total. The molecule has 0 aliphatic rings. The SMILES string of the molecule is COc1cc(-c2cnoc2-c2ccc([N+](=O)[O-])cc2)c(OC)c(OC)c1OC. The molecule has 0 fully saturated rings. The second-order valence-corrected chi connectivity index (χ2v) is 5.60. The van der Waals surface area contributed by atoms with E-state index in [-0.39, 0.29) is 5.69 Å². The minimum atomic E-state index is -0.465. The number of ether oxygens (including phenoxy) is 4. The Morgan fingerprint density at radius 1 is 0.893 bits per heavy atom. The third-order valence-corrected chi connectivity index (χ3v) is 4.19. The first-order valence-electron chi connectivity index (χ1n) is 8.12. The fourth-order valence-electron chi connectivity index (χ4n) is 2.91. The Balaban J connectivity index is 2.20. The normalized spacial score (nSPS) is 10.4. The zero-order chi connectivity index (χ0) is 20.3. The van der Waals surface area contributed by atoms with Crippen molar-refractivity contribution in [2.24, 2.45) is 0 Å². The smallest absolute Gasteiger partial charge is 0.269 e. The van der Waals surface area contributed by atoms with Crippen LogP contribution in [0.2, 0.25) is 0 Å². The summed E-state index contributed by atoms with van der Waals surface area (Å²) in [6.07, 6.45) is 1.53. The van der Waals surface area contributed by atoms with Crippen molar-refractivity contribution in [3.63, 3.8) is 0 Å². The zero-order valence-electron chi connectivity index (χ0n) is 15.7. The second-order valence-electron chi connectivity index (χ2n) is 5.60. The van der Waals surface area contributed by atoms with Crippen LogP contribution in [0.5, 0.6) is 23.0 Å². The van der Waals surface area contributed by atoms with E-state index in [4.69, 9.17) is 23.5 Å². The molecule has 0 saturated heterocycles. The first-order chi connectivity index (χ1) is 13.5. The van der Waals surface area contributed by atoms with Crippen molar-refractivity contribution in [3.05, 3.63) is 46.6 Å². The molecule has 1 heterocycles. The predicted molar refractivity (Wildman–Crippen MR) is 100 cm³/mol. The molecule has 9 heteroatoms. The molecule has 0 saturated carbocycles. The molecule has 0 bridgehead atoms. The standard InChI is InChI=1S/C19H18N2O7/c1-24-15-9-13(17(25-2)19(27-4)18(15)26-3)14-10-20-28-16(14)11-5-7-12(8-6-11)21(22)23/h5-10H,1-4H3. The maximum atomic E-state index is 10.9. The van der Waals surface area contributed by atoms with Gasteiger partial charge in [-0.3, -0.25) is 10.1 Å². The molecular weight excluding hydrogens is 368 g/mol. The maximum absolute atomic E-state index is 10.9. The average Bonchev–Trinajstić information content (AvgIpc) is 3.21. The van der Waals surface area contributed by atoms with Crippen LogP contribution >= 0.6 is 0 Å². The van der Waals surface area contributed by atoms with Gasteiger partial charge in [0.15, 0.2) is 17.3 Å². The van der Waals surface area contributed by atoms with Crippen LogP contribution in [0.25, 0.3) is 22.5 Å². The van der Waals surface area contributed by atoms with Gasteiger partial charge >= 0.3 is 0 Å². The lowest BCUT2D eigenvalue weighted by Crippen LogP contribution is -2.00. The highest BCUT2D eigenvalue weighted by molar-refractivity contribution is 5.86. The van der Waals surface area contributed by atoms with E-state index in [1.54, 1.807) is 18.2 Å². The molecule has 0 spiro atoms. The molecule has 0 aliphatic heterocycles. The number of nitro benzene ring substituents is 1. The van der Waals surface area contributed by atoms with Gasteiger partial charge in [-0.15, -0.1) is 0 Å². The van der Waals surface area contributed by atoms with Crippen molar-refractivity contribution < 1.29 is 28.4 Å². The Morgan fingerprint density at radius 2 is 1.54 bits per heavy atom. The van der Waals surface area contributed by atoms with Crippen molar-refractivity contribution >= 4 is 5.69 Å². The van der Waals surface area contributed by atoms with Crippen LogP contribution in [0.4, 0.5) is 5.69 Å². The number of hydrogen-bond acceptors (Lipinski definition) is 8. The topological polar surface area (TPSA) is 106 Å². The summed E-state index contributed by atoms with van der Waals surface area (Å²) in [5.41, 5.74) is 1.81. The molecule has 9 nitrogen and oxygen atoms in total. The van der Waals surface area contributed by atoms with Crippen LogP contribution in [-0.4, -0.2) is 38.5 Å². The lowest BCUT2D eigenvalue weighted by Gasteiger charge is -2.18. The highest BCUT2D eigenvalue weighted by Gasteiger charge is 2.26. The Labute approximate surface area is 160 Å². The van der Waals surface area contributed by atoms with Crippen LogP contribution in [0.1, 0.15) is 0 Å². The summed E-state index contributed by atoms with van der Waals surface area (Å²) in [6.45, 7) is 0. The Morgan fingerprint density at radius 3 is 2.07 bits per heavy atom. The highest BCUT2D eigenvalue weighted by Crippen LogP contribution is 2.51. The Kier molecular flexibility index (Phi) is 5.35. The lowest BCUT2D eigenvalue weighted by atomic mass is 10.00. The van der Waals surface area contributed by atoms with E-state index >= 15 is 0 Å². The second kappa shape index (κ2) is 7.87. The van der Waals surface area contributed by atoms with Crippen LogP contribution in [0.15, 0.2) is 41.1 Å². The van der Waals surface area contributed by atoms with Crippen LogP contribution in [-0.2, 0) is 0 Å². The lowest BCUT2D eigenvalue weighted by molar-refractivity contribution is -0.384. The van der Waals surface area contributed by atoms with Crippen LogP contribution in [0.3, 0.4) is 0 Å². The molecule has 146 valence electrons. The van der Waals surface area contributed by atoms with E-state index in [9.17, 15) is 10.1 Å². The van der Waals surface area contributed by atoms with Crippen LogP contribution in [0, 0.1) is 10.1 Å². The van der Waals surface area contributed by atoms with Gasteiger partial charge in [-0.2, -0.15) is 0 Å². The first-order valence-corrected chi connectivity index (χ1v) is 8.12. The van der Waals surface area contributed by atoms with Gasteiger partial charge in [-0.25, -0.2) is 0 Å². The number of aromatic nitrogens is 1. The summed E-state index contributed by atoms with van der Waals surface area (Å²) < 4.78 is 27.3. The highest BCUT2D eigenvalue weighted by atomic mass is 16.6. The van der Waals surface area contributed by atoms with Crippen molar-refractivity contribution in [1.82, 2.24) is 5.16 Å². The maximum Gasteiger partial charge on any atom is 0.269 e. The minimum absolute atomic E-state index is 0.0184. The fraction of sp³-hybridized carbons (Fsp3) is 0.211. The van der Waals surface area contributed by atoms with Crippen LogP contribution < -0.4 is 18.9 Å². The summed E-state index contributed by atoms with van der Waals surface area (Å²) in [5, 5.41) is 14.8. The molecular formula is C19H18N2O7. The third kappa shape index (κ3) is 3.18. The molecule has 0 atom stereocenters. The van der Waals surface area contributed by atoms with Gasteiger partial charge in [-0.05, 0) is 18.2 Å². The number of nitrogens with zero attached hydrogens (tertiary/aromatic N) is 2. The summed E-state index contributed by atoms with van der Waals surface area (Å²) in [6, 6.07) is 7.70. The fourth-order valence-corrected chi connectivity index (χ4v) is 2.91. The summed E-state index contributed by atoms with van der Waals surface area (Å²) in [7, 11) is 6.01. The van der Waals surface area contributed by atoms with Gasteiger partial charge in [0.2, 0.25) is 11.5 Å². The molecule has 2 aromatic carbocycles.